The van der Waals surface area contributed by atoms with Gasteiger partial charge < -0.3 is 15.5 Å². The van der Waals surface area contributed by atoms with E-state index in [9.17, 15) is 14.0 Å². The molecule has 0 bridgehead atoms. The van der Waals surface area contributed by atoms with E-state index >= 15 is 0 Å². The molecule has 0 aliphatic carbocycles. The van der Waals surface area contributed by atoms with Crippen molar-refractivity contribution in [2.75, 3.05) is 31.9 Å². The summed E-state index contributed by atoms with van der Waals surface area (Å²) in [5.41, 5.74) is 7.21. The van der Waals surface area contributed by atoms with Crippen molar-refractivity contribution in [2.45, 2.75) is 6.42 Å². The molecule has 2 aromatic rings. The average molecular weight is 378 g/mol. The number of amides is 2. The molecule has 0 aromatic heterocycles. The van der Waals surface area contributed by atoms with Crippen molar-refractivity contribution in [1.29, 1.82) is 0 Å². The molecule has 138 valence electrons. The van der Waals surface area contributed by atoms with Gasteiger partial charge in [-0.2, -0.15) is 0 Å². The number of carbonyl (C=O) groups is 2. The number of rotatable bonds is 3. The van der Waals surface area contributed by atoms with Crippen molar-refractivity contribution in [1.82, 2.24) is 9.80 Å². The Balaban J connectivity index is 0.00000243. The molecule has 2 N–H and O–H groups in total. The van der Waals surface area contributed by atoms with Gasteiger partial charge in [-0.3, -0.25) is 9.59 Å². The zero-order valence-corrected chi connectivity index (χ0v) is 15.0. The first-order valence-electron chi connectivity index (χ1n) is 8.20. The van der Waals surface area contributed by atoms with Crippen LogP contribution in [0.15, 0.2) is 48.5 Å². The molecule has 7 heteroatoms. The average Bonchev–Trinajstić information content (AvgIpc) is 2.63. The van der Waals surface area contributed by atoms with Gasteiger partial charge in [0.25, 0.3) is 5.91 Å². The Hall–Kier alpha value is -2.60. The van der Waals surface area contributed by atoms with E-state index < -0.39 is 0 Å². The van der Waals surface area contributed by atoms with Crippen LogP contribution in [-0.4, -0.2) is 47.8 Å². The summed E-state index contributed by atoms with van der Waals surface area (Å²) >= 11 is 0. The molecule has 0 atom stereocenters. The molecule has 5 nitrogen and oxygen atoms in total. The quantitative estimate of drug-likeness (QED) is 0.835. The van der Waals surface area contributed by atoms with Crippen LogP contribution in [0.1, 0.15) is 15.9 Å². The number of nitrogen functional groups attached to an aromatic ring is 1. The van der Waals surface area contributed by atoms with E-state index in [4.69, 9.17) is 5.73 Å². The maximum atomic E-state index is 13.7. The molecular formula is C19H21ClFN3O2. The second-order valence-electron chi connectivity index (χ2n) is 6.07. The molecule has 0 unspecified atom stereocenters. The Morgan fingerprint density at radius 2 is 1.62 bits per heavy atom. The number of hydrogen-bond acceptors (Lipinski definition) is 3. The summed E-state index contributed by atoms with van der Waals surface area (Å²) in [6.07, 6.45) is 0.0375. The lowest BCUT2D eigenvalue weighted by molar-refractivity contribution is -0.132. The summed E-state index contributed by atoms with van der Waals surface area (Å²) in [6.45, 7) is 1.80. The minimum atomic E-state index is -0.369. The minimum absolute atomic E-state index is 0. The Kier molecular flexibility index (Phi) is 6.58. The number of halogens is 2. The second kappa shape index (κ2) is 8.67. The summed E-state index contributed by atoms with van der Waals surface area (Å²) < 4.78 is 13.7. The maximum absolute atomic E-state index is 13.7. The highest BCUT2D eigenvalue weighted by Gasteiger charge is 2.25. The third-order valence-electron chi connectivity index (χ3n) is 4.35. The Morgan fingerprint density at radius 3 is 2.27 bits per heavy atom. The van der Waals surface area contributed by atoms with E-state index in [-0.39, 0.29) is 36.5 Å². The van der Waals surface area contributed by atoms with Gasteiger partial charge in [0, 0.05) is 37.4 Å². The maximum Gasteiger partial charge on any atom is 0.254 e. The van der Waals surface area contributed by atoms with Gasteiger partial charge in [-0.1, -0.05) is 24.3 Å². The highest BCUT2D eigenvalue weighted by Crippen LogP contribution is 2.14. The van der Waals surface area contributed by atoms with Crippen LogP contribution in [0.3, 0.4) is 0 Å². The smallest absolute Gasteiger partial charge is 0.254 e. The van der Waals surface area contributed by atoms with Crippen LogP contribution in [0, 0.1) is 5.82 Å². The van der Waals surface area contributed by atoms with Crippen LogP contribution in [-0.2, 0) is 11.2 Å². The second-order valence-corrected chi connectivity index (χ2v) is 6.07. The first kappa shape index (κ1) is 19.7. The molecule has 0 radical (unpaired) electrons. The van der Waals surface area contributed by atoms with Gasteiger partial charge >= 0.3 is 0 Å². The number of nitrogens with two attached hydrogens (primary N) is 1. The molecule has 0 spiro atoms. The van der Waals surface area contributed by atoms with E-state index in [0.717, 1.165) is 0 Å². The summed E-state index contributed by atoms with van der Waals surface area (Å²) in [5.74, 6) is -0.582. The first-order chi connectivity index (χ1) is 12.0. The highest BCUT2D eigenvalue weighted by molar-refractivity contribution is 5.95. The van der Waals surface area contributed by atoms with E-state index in [1.165, 1.54) is 6.07 Å². The number of hydrogen-bond donors (Lipinski definition) is 1. The largest absolute Gasteiger partial charge is 0.399 e. The van der Waals surface area contributed by atoms with Gasteiger partial charge in [0.1, 0.15) is 5.82 Å². The number of nitrogens with zero attached hydrogens (tertiary/aromatic N) is 2. The molecule has 1 heterocycles. The number of carbonyl (C=O) groups excluding carboxylic acids is 2. The van der Waals surface area contributed by atoms with Crippen molar-refractivity contribution in [3.63, 3.8) is 0 Å². The van der Waals surface area contributed by atoms with Gasteiger partial charge in [0.15, 0.2) is 0 Å². The summed E-state index contributed by atoms with van der Waals surface area (Å²) in [6, 6.07) is 13.1. The number of benzene rings is 2. The third-order valence-corrected chi connectivity index (χ3v) is 4.35. The molecule has 1 saturated heterocycles. The zero-order chi connectivity index (χ0) is 17.8. The van der Waals surface area contributed by atoms with Crippen LogP contribution in [0.2, 0.25) is 0 Å². The topological polar surface area (TPSA) is 66.6 Å². The predicted octanol–water partition coefficient (Wildman–Crippen LogP) is 2.36. The number of anilines is 1. The molecule has 2 amide bonds. The monoisotopic (exact) mass is 377 g/mol. The van der Waals surface area contributed by atoms with Crippen molar-refractivity contribution in [2.24, 2.45) is 0 Å². The molecule has 0 saturated carbocycles. The lowest BCUT2D eigenvalue weighted by Gasteiger charge is -2.35. The zero-order valence-electron chi connectivity index (χ0n) is 14.2. The molecule has 1 fully saturated rings. The summed E-state index contributed by atoms with van der Waals surface area (Å²) in [7, 11) is 0. The van der Waals surface area contributed by atoms with Gasteiger partial charge in [-0.25, -0.2) is 4.39 Å². The lowest BCUT2D eigenvalue weighted by Crippen LogP contribution is -2.51. The minimum Gasteiger partial charge on any atom is -0.399 e. The van der Waals surface area contributed by atoms with E-state index in [1.54, 1.807) is 52.3 Å². The number of piperazine rings is 1. The van der Waals surface area contributed by atoms with Crippen LogP contribution < -0.4 is 5.73 Å². The summed E-state index contributed by atoms with van der Waals surface area (Å²) in [5, 5.41) is 0. The lowest BCUT2D eigenvalue weighted by atomic mass is 10.1. The van der Waals surface area contributed by atoms with Crippen molar-refractivity contribution < 1.29 is 14.0 Å². The normalized spacial score (nSPS) is 13.9. The predicted molar refractivity (Wildman–Crippen MR) is 101 cm³/mol. The standard InChI is InChI=1S/C19H20FN3O2.ClH/c20-17-7-2-1-4-14(17)13-18(24)22-8-10-23(11-9-22)19(25)15-5-3-6-16(21)12-15;/h1-7,12H,8-11,13,21H2;1H. The third kappa shape index (κ3) is 4.52. The molecule has 1 aliphatic heterocycles. The molecule has 3 rings (SSSR count). The van der Waals surface area contributed by atoms with Gasteiger partial charge in [0.05, 0.1) is 6.42 Å². The Bertz CT molecular complexity index is 792. The van der Waals surface area contributed by atoms with Crippen LogP contribution >= 0.6 is 12.4 Å². The molecule has 2 aromatic carbocycles. The molecule has 26 heavy (non-hydrogen) atoms. The SMILES string of the molecule is Cl.Nc1cccc(C(=O)N2CCN(C(=O)Cc3ccccc3F)CC2)c1. The van der Waals surface area contributed by atoms with Gasteiger partial charge in [-0.05, 0) is 29.8 Å². The Morgan fingerprint density at radius 1 is 0.962 bits per heavy atom. The first-order valence-corrected chi connectivity index (χ1v) is 8.20. The Labute approximate surface area is 158 Å². The molecule has 1 aliphatic rings. The van der Waals surface area contributed by atoms with Crippen LogP contribution in [0.4, 0.5) is 10.1 Å². The van der Waals surface area contributed by atoms with Crippen molar-refractivity contribution in [3.05, 3.63) is 65.5 Å². The highest BCUT2D eigenvalue weighted by atomic mass is 35.5. The van der Waals surface area contributed by atoms with Gasteiger partial charge in [-0.15, -0.1) is 12.4 Å². The van der Waals surface area contributed by atoms with Crippen LogP contribution in [0.5, 0.6) is 0 Å². The van der Waals surface area contributed by atoms with Crippen LogP contribution in [0.25, 0.3) is 0 Å². The van der Waals surface area contributed by atoms with E-state index in [2.05, 4.69) is 0 Å². The fourth-order valence-corrected chi connectivity index (χ4v) is 2.93. The van der Waals surface area contributed by atoms with E-state index in [1.807, 2.05) is 0 Å². The fourth-order valence-electron chi connectivity index (χ4n) is 2.93. The van der Waals surface area contributed by atoms with Gasteiger partial charge in [0.2, 0.25) is 5.91 Å². The molecular weight excluding hydrogens is 357 g/mol. The van der Waals surface area contributed by atoms with E-state index in [0.29, 0.717) is 43.0 Å². The fraction of sp³-hybridized carbons (Fsp3) is 0.263. The van der Waals surface area contributed by atoms with Crippen molar-refractivity contribution >= 4 is 29.9 Å². The summed E-state index contributed by atoms with van der Waals surface area (Å²) in [4.78, 5) is 28.2. The van der Waals surface area contributed by atoms with Crippen molar-refractivity contribution in [3.8, 4) is 0 Å².